The predicted molar refractivity (Wildman–Crippen MR) is 154 cm³/mol. The van der Waals surface area contributed by atoms with Crippen molar-refractivity contribution in [2.45, 2.75) is 53.7 Å². The monoisotopic (exact) mass is 612 g/mol. The van der Waals surface area contributed by atoms with Gasteiger partial charge in [0.1, 0.15) is 17.5 Å². The van der Waals surface area contributed by atoms with E-state index < -0.39 is 21.5 Å². The van der Waals surface area contributed by atoms with Crippen LogP contribution in [0, 0.1) is 17.1 Å². The van der Waals surface area contributed by atoms with Gasteiger partial charge in [-0.15, -0.1) is 11.8 Å². The SMILES string of the molecule is CO[C@@H](CN(C)C)[C@H](CSc1ccc(F)cc1)Nc1c(Cl)cc(S(=O)(=O)NC(=O)[C@@]2(C)CCCCO2)cc1C#N. The van der Waals surface area contributed by atoms with Crippen molar-refractivity contribution in [1.82, 2.24) is 9.62 Å². The van der Waals surface area contributed by atoms with E-state index in [1.54, 1.807) is 26.2 Å². The first-order valence-electron chi connectivity index (χ1n) is 12.7. The molecule has 2 N–H and O–H groups in total. The van der Waals surface area contributed by atoms with E-state index in [0.717, 1.165) is 17.7 Å². The third kappa shape index (κ3) is 8.31. The van der Waals surface area contributed by atoms with Crippen molar-refractivity contribution >= 4 is 45.0 Å². The van der Waals surface area contributed by atoms with Crippen molar-refractivity contribution in [3.05, 3.63) is 52.8 Å². The Morgan fingerprint density at radius 3 is 2.58 bits per heavy atom. The first-order valence-corrected chi connectivity index (χ1v) is 15.5. The molecule has 1 fully saturated rings. The van der Waals surface area contributed by atoms with Crippen LogP contribution in [-0.4, -0.2) is 77.1 Å². The molecule has 9 nitrogen and oxygen atoms in total. The topological polar surface area (TPSA) is 121 Å². The largest absolute Gasteiger partial charge is 0.378 e. The summed E-state index contributed by atoms with van der Waals surface area (Å²) < 4.78 is 53.0. The molecule has 1 aliphatic rings. The number of halogens is 2. The molecule has 2 aromatic rings. The number of anilines is 1. The number of nitrogens with zero attached hydrogens (tertiary/aromatic N) is 2. The van der Waals surface area contributed by atoms with Crippen LogP contribution in [0.4, 0.5) is 10.1 Å². The number of nitrogens with one attached hydrogen (secondary N) is 2. The van der Waals surface area contributed by atoms with Gasteiger partial charge in [0.25, 0.3) is 15.9 Å². The molecule has 2 aromatic carbocycles. The summed E-state index contributed by atoms with van der Waals surface area (Å²) in [5, 5.41) is 13.2. The number of hydrogen-bond acceptors (Lipinski definition) is 9. The van der Waals surface area contributed by atoms with E-state index in [1.807, 2.05) is 25.1 Å². The number of rotatable bonds is 12. The lowest BCUT2D eigenvalue weighted by molar-refractivity contribution is -0.148. The molecule has 0 radical (unpaired) electrons. The Morgan fingerprint density at radius 2 is 2.00 bits per heavy atom. The predicted octanol–water partition coefficient (Wildman–Crippen LogP) is 4.26. The number of thioether (sulfide) groups is 1. The fraction of sp³-hybridized carbons (Fsp3) is 0.481. The zero-order valence-electron chi connectivity index (χ0n) is 22.9. The minimum Gasteiger partial charge on any atom is -0.378 e. The number of sulfonamides is 1. The van der Waals surface area contributed by atoms with E-state index in [9.17, 15) is 22.9 Å². The van der Waals surface area contributed by atoms with Crippen LogP contribution in [0.25, 0.3) is 0 Å². The number of amides is 1. The normalized spacial score (nSPS) is 19.1. The summed E-state index contributed by atoms with van der Waals surface area (Å²) in [6, 6.07) is 10.1. The fourth-order valence-electron chi connectivity index (χ4n) is 4.24. The second-order valence-electron chi connectivity index (χ2n) is 9.96. The van der Waals surface area contributed by atoms with Crippen LogP contribution in [0.5, 0.6) is 0 Å². The molecule has 0 aromatic heterocycles. The number of carbonyl (C=O) groups excluding carboxylic acids is 1. The number of hydrogen-bond donors (Lipinski definition) is 2. The second kappa shape index (κ2) is 14.0. The molecule has 218 valence electrons. The van der Waals surface area contributed by atoms with Gasteiger partial charge >= 0.3 is 0 Å². The van der Waals surface area contributed by atoms with Crippen molar-refractivity contribution in [1.29, 1.82) is 5.26 Å². The van der Waals surface area contributed by atoms with E-state index in [0.29, 0.717) is 25.3 Å². The molecule has 1 heterocycles. The zero-order valence-corrected chi connectivity index (χ0v) is 25.3. The maximum Gasteiger partial charge on any atom is 0.265 e. The van der Waals surface area contributed by atoms with Gasteiger partial charge < -0.3 is 19.7 Å². The lowest BCUT2D eigenvalue weighted by Crippen LogP contribution is -2.50. The number of carbonyl (C=O) groups is 1. The van der Waals surface area contributed by atoms with Crippen LogP contribution in [0.3, 0.4) is 0 Å². The maximum absolute atomic E-state index is 13.4. The zero-order chi connectivity index (χ0) is 29.5. The van der Waals surface area contributed by atoms with Gasteiger partial charge in [-0.2, -0.15) is 5.26 Å². The molecule has 0 bridgehead atoms. The molecule has 0 saturated carbocycles. The van der Waals surface area contributed by atoms with E-state index in [1.165, 1.54) is 36.0 Å². The molecule has 40 heavy (non-hydrogen) atoms. The van der Waals surface area contributed by atoms with Crippen LogP contribution in [0.15, 0.2) is 46.2 Å². The molecule has 0 aliphatic carbocycles. The molecule has 13 heteroatoms. The van der Waals surface area contributed by atoms with Gasteiger partial charge in [-0.3, -0.25) is 4.79 Å². The van der Waals surface area contributed by atoms with E-state index >= 15 is 0 Å². The van der Waals surface area contributed by atoms with Crippen molar-refractivity contribution < 1.29 is 27.1 Å². The van der Waals surface area contributed by atoms with Gasteiger partial charge in [-0.25, -0.2) is 17.5 Å². The van der Waals surface area contributed by atoms with Gasteiger partial charge in [0.05, 0.1) is 33.3 Å². The smallest absolute Gasteiger partial charge is 0.265 e. The molecule has 1 saturated heterocycles. The number of ether oxygens (including phenoxy) is 2. The minimum atomic E-state index is -4.34. The van der Waals surface area contributed by atoms with Gasteiger partial charge in [-0.05, 0) is 76.7 Å². The highest BCUT2D eigenvalue weighted by molar-refractivity contribution is 7.99. The molecule has 3 rings (SSSR count). The summed E-state index contributed by atoms with van der Waals surface area (Å²) in [4.78, 5) is 15.3. The molecule has 0 unspecified atom stereocenters. The van der Waals surface area contributed by atoms with Gasteiger partial charge in [0.15, 0.2) is 0 Å². The van der Waals surface area contributed by atoms with Gasteiger partial charge in [0.2, 0.25) is 0 Å². The maximum atomic E-state index is 13.4. The Hall–Kier alpha value is -2.40. The van der Waals surface area contributed by atoms with Gasteiger partial charge in [0, 0.05) is 30.9 Å². The van der Waals surface area contributed by atoms with Crippen molar-refractivity contribution in [2.75, 3.05) is 45.4 Å². The highest BCUT2D eigenvalue weighted by Crippen LogP contribution is 2.33. The van der Waals surface area contributed by atoms with Crippen molar-refractivity contribution in [2.24, 2.45) is 0 Å². The van der Waals surface area contributed by atoms with E-state index in [-0.39, 0.29) is 39.1 Å². The number of likely N-dealkylation sites (N-methyl/N-ethyl adjacent to an activating group) is 1. The van der Waals surface area contributed by atoms with Crippen molar-refractivity contribution in [3.63, 3.8) is 0 Å². The Morgan fingerprint density at radius 1 is 1.30 bits per heavy atom. The summed E-state index contributed by atoms with van der Waals surface area (Å²) in [5.74, 6) is -0.639. The average molecular weight is 613 g/mol. The van der Waals surface area contributed by atoms with Crippen LogP contribution in [0.2, 0.25) is 5.02 Å². The number of methoxy groups -OCH3 is 1. The summed E-state index contributed by atoms with van der Waals surface area (Å²) in [5.41, 5.74) is -1.04. The summed E-state index contributed by atoms with van der Waals surface area (Å²) in [6.07, 6.45) is 1.59. The summed E-state index contributed by atoms with van der Waals surface area (Å²) >= 11 is 8.01. The van der Waals surface area contributed by atoms with Crippen LogP contribution in [-0.2, 0) is 24.3 Å². The molecule has 3 atom stereocenters. The summed E-state index contributed by atoms with van der Waals surface area (Å²) in [7, 11) is 1.03. The highest BCUT2D eigenvalue weighted by Gasteiger charge is 2.38. The van der Waals surface area contributed by atoms with Gasteiger partial charge in [-0.1, -0.05) is 11.6 Å². The molecule has 1 amide bonds. The third-order valence-electron chi connectivity index (χ3n) is 6.54. The summed E-state index contributed by atoms with van der Waals surface area (Å²) in [6.45, 7) is 2.46. The third-order valence-corrected chi connectivity index (χ3v) is 9.28. The molecular weight excluding hydrogens is 579 g/mol. The van der Waals surface area contributed by atoms with Crippen LogP contribution >= 0.6 is 23.4 Å². The van der Waals surface area contributed by atoms with Crippen LogP contribution < -0.4 is 10.0 Å². The molecular formula is C27H34ClFN4O5S2. The Balaban J connectivity index is 1.88. The Kier molecular flexibility index (Phi) is 11.2. The number of nitriles is 1. The highest BCUT2D eigenvalue weighted by atomic mass is 35.5. The van der Waals surface area contributed by atoms with E-state index in [4.69, 9.17) is 21.1 Å². The minimum absolute atomic E-state index is 0.0107. The molecule has 0 spiro atoms. The average Bonchev–Trinajstić information content (AvgIpc) is 2.91. The lowest BCUT2D eigenvalue weighted by atomic mass is 9.95. The molecule has 1 aliphatic heterocycles. The first-order chi connectivity index (χ1) is 18.9. The Labute approximate surface area is 244 Å². The van der Waals surface area contributed by atoms with E-state index in [2.05, 4.69) is 10.0 Å². The Bertz CT molecular complexity index is 1330. The van der Waals surface area contributed by atoms with Crippen LogP contribution in [0.1, 0.15) is 31.7 Å². The first kappa shape index (κ1) is 32.1. The number of benzene rings is 2. The van der Waals surface area contributed by atoms with Crippen molar-refractivity contribution in [3.8, 4) is 6.07 Å². The lowest BCUT2D eigenvalue weighted by Gasteiger charge is -2.32. The standard InChI is InChI=1S/C27H34ClFN4O5S2/c1-27(11-5-6-12-38-27)26(34)32-40(35,36)21-13-18(15-30)25(22(28)14-21)31-23(24(37-4)16-33(2)3)17-39-20-9-7-19(29)8-10-20/h7-10,13-14,23-24,31H,5-6,11-12,16-17H2,1-4H3,(H,32,34)/t23-,24-,27+/m0/s1. The fourth-order valence-corrected chi connectivity index (χ4v) is 6.70. The second-order valence-corrected chi connectivity index (χ2v) is 13.1. The quantitative estimate of drug-likeness (QED) is 0.339.